The van der Waals surface area contributed by atoms with Crippen LogP contribution in [0, 0.1) is 23.5 Å². The summed E-state index contributed by atoms with van der Waals surface area (Å²) in [7, 11) is 1.39. The Kier molecular flexibility index (Phi) is 3.19. The summed E-state index contributed by atoms with van der Waals surface area (Å²) in [5.41, 5.74) is 0.121. The first-order valence-corrected chi connectivity index (χ1v) is 6.13. The highest BCUT2D eigenvalue weighted by Crippen LogP contribution is 2.52. The molecule has 0 aromatic heterocycles. The standard InChI is InChI=1S/C12H13BrF2O/c1-6-3-8(6)12(13)11-9(14)4-7(16-2)5-10(11)15/h4-6,8,12H,3H2,1-2H3. The lowest BCUT2D eigenvalue weighted by atomic mass is 10.1. The highest BCUT2D eigenvalue weighted by Gasteiger charge is 2.41. The largest absolute Gasteiger partial charge is 0.497 e. The number of halogens is 3. The summed E-state index contributed by atoms with van der Waals surface area (Å²) in [5.74, 6) is -0.0133. The van der Waals surface area contributed by atoms with Gasteiger partial charge in [0, 0.05) is 22.5 Å². The molecule has 0 spiro atoms. The summed E-state index contributed by atoms with van der Waals surface area (Å²) in [6.45, 7) is 2.08. The van der Waals surface area contributed by atoms with Crippen LogP contribution < -0.4 is 4.74 Å². The molecular weight excluding hydrogens is 278 g/mol. The molecule has 1 saturated carbocycles. The summed E-state index contributed by atoms with van der Waals surface area (Å²) in [4.78, 5) is -0.242. The van der Waals surface area contributed by atoms with Crippen LogP contribution in [-0.4, -0.2) is 7.11 Å². The maximum Gasteiger partial charge on any atom is 0.134 e. The second-order valence-electron chi connectivity index (χ2n) is 4.28. The van der Waals surface area contributed by atoms with Crippen LogP contribution in [0.3, 0.4) is 0 Å². The summed E-state index contributed by atoms with van der Waals surface area (Å²) < 4.78 is 32.2. The van der Waals surface area contributed by atoms with Gasteiger partial charge >= 0.3 is 0 Å². The Morgan fingerprint density at radius 3 is 2.25 bits per heavy atom. The van der Waals surface area contributed by atoms with Gasteiger partial charge in [0.15, 0.2) is 0 Å². The zero-order valence-corrected chi connectivity index (χ0v) is 10.7. The van der Waals surface area contributed by atoms with Crippen LogP contribution in [0.1, 0.15) is 23.7 Å². The van der Waals surface area contributed by atoms with Crippen LogP contribution in [0.15, 0.2) is 12.1 Å². The van der Waals surface area contributed by atoms with Gasteiger partial charge in [0.2, 0.25) is 0 Å². The average Bonchev–Trinajstić information content (AvgIpc) is 2.94. The summed E-state index contributed by atoms with van der Waals surface area (Å²) in [6.07, 6.45) is 1.01. The summed E-state index contributed by atoms with van der Waals surface area (Å²) in [5, 5.41) is 0. The summed E-state index contributed by atoms with van der Waals surface area (Å²) >= 11 is 3.38. The number of alkyl halides is 1. The van der Waals surface area contributed by atoms with E-state index in [9.17, 15) is 8.78 Å². The third-order valence-electron chi connectivity index (χ3n) is 3.11. The van der Waals surface area contributed by atoms with Crippen molar-refractivity contribution in [2.24, 2.45) is 11.8 Å². The molecule has 3 atom stereocenters. The molecule has 0 saturated heterocycles. The molecule has 1 aliphatic carbocycles. The molecule has 88 valence electrons. The molecule has 0 radical (unpaired) electrons. The predicted octanol–water partition coefficient (Wildman–Crippen LogP) is 4.07. The smallest absolute Gasteiger partial charge is 0.134 e. The normalized spacial score (nSPS) is 25.3. The van der Waals surface area contributed by atoms with Crippen LogP contribution in [0.25, 0.3) is 0 Å². The Balaban J connectivity index is 2.33. The number of hydrogen-bond donors (Lipinski definition) is 0. The van der Waals surface area contributed by atoms with E-state index in [-0.39, 0.29) is 16.1 Å². The molecule has 16 heavy (non-hydrogen) atoms. The van der Waals surface area contributed by atoms with Crippen LogP contribution in [0.5, 0.6) is 5.75 Å². The zero-order valence-electron chi connectivity index (χ0n) is 9.14. The van der Waals surface area contributed by atoms with Gasteiger partial charge in [-0.3, -0.25) is 0 Å². The highest BCUT2D eigenvalue weighted by atomic mass is 79.9. The van der Waals surface area contributed by atoms with Crippen molar-refractivity contribution >= 4 is 15.9 Å². The van der Waals surface area contributed by atoms with E-state index in [0.717, 1.165) is 6.42 Å². The van der Waals surface area contributed by atoms with E-state index in [1.165, 1.54) is 19.2 Å². The lowest BCUT2D eigenvalue weighted by molar-refractivity contribution is 0.404. The maximum atomic E-state index is 13.7. The van der Waals surface area contributed by atoms with Gasteiger partial charge in [0.25, 0.3) is 0 Å². The summed E-state index contributed by atoms with van der Waals surface area (Å²) in [6, 6.07) is 2.44. The van der Waals surface area contributed by atoms with E-state index in [4.69, 9.17) is 4.74 Å². The fourth-order valence-corrected chi connectivity index (χ4v) is 3.09. The average molecular weight is 291 g/mol. The number of hydrogen-bond acceptors (Lipinski definition) is 1. The second-order valence-corrected chi connectivity index (χ2v) is 5.27. The van der Waals surface area contributed by atoms with Gasteiger partial charge in [0.05, 0.1) is 7.11 Å². The first-order valence-electron chi connectivity index (χ1n) is 5.21. The van der Waals surface area contributed by atoms with Crippen LogP contribution in [0.4, 0.5) is 8.78 Å². The fourth-order valence-electron chi connectivity index (χ4n) is 1.92. The lowest BCUT2D eigenvalue weighted by Crippen LogP contribution is -2.02. The fraction of sp³-hybridized carbons (Fsp3) is 0.500. The van der Waals surface area contributed by atoms with E-state index in [1.807, 2.05) is 0 Å². The van der Waals surface area contributed by atoms with Crippen molar-refractivity contribution in [3.8, 4) is 5.75 Å². The van der Waals surface area contributed by atoms with Crippen molar-refractivity contribution in [2.45, 2.75) is 18.2 Å². The van der Waals surface area contributed by atoms with Gasteiger partial charge in [0.1, 0.15) is 17.4 Å². The van der Waals surface area contributed by atoms with E-state index < -0.39 is 11.6 Å². The van der Waals surface area contributed by atoms with Gasteiger partial charge in [-0.05, 0) is 18.3 Å². The quantitative estimate of drug-likeness (QED) is 0.763. The van der Waals surface area contributed by atoms with Crippen molar-refractivity contribution in [1.82, 2.24) is 0 Å². The zero-order chi connectivity index (χ0) is 11.9. The first-order chi connectivity index (χ1) is 7.54. The van der Waals surface area contributed by atoms with Crippen molar-refractivity contribution in [1.29, 1.82) is 0 Å². The Labute approximate surface area is 102 Å². The second kappa shape index (κ2) is 4.32. The first kappa shape index (κ1) is 11.8. The van der Waals surface area contributed by atoms with E-state index in [0.29, 0.717) is 11.8 Å². The Hall–Kier alpha value is -0.640. The molecular formula is C12H13BrF2O. The molecule has 1 aliphatic rings. The number of methoxy groups -OCH3 is 1. The SMILES string of the molecule is COc1cc(F)c(C(Br)C2CC2C)c(F)c1. The minimum absolute atomic E-state index is 0.121. The monoisotopic (exact) mass is 290 g/mol. The van der Waals surface area contributed by atoms with E-state index in [2.05, 4.69) is 22.9 Å². The molecule has 1 nitrogen and oxygen atoms in total. The third kappa shape index (κ3) is 2.08. The van der Waals surface area contributed by atoms with Crippen molar-refractivity contribution in [2.75, 3.05) is 7.11 Å². The molecule has 1 aromatic rings. The molecule has 0 amide bonds. The Bertz CT molecular complexity index is 385. The Morgan fingerprint density at radius 2 is 1.88 bits per heavy atom. The Morgan fingerprint density at radius 1 is 1.38 bits per heavy atom. The number of ether oxygens (including phenoxy) is 1. The molecule has 2 rings (SSSR count). The van der Waals surface area contributed by atoms with Crippen molar-refractivity contribution < 1.29 is 13.5 Å². The minimum Gasteiger partial charge on any atom is -0.497 e. The maximum absolute atomic E-state index is 13.7. The van der Waals surface area contributed by atoms with Gasteiger partial charge < -0.3 is 4.74 Å². The van der Waals surface area contributed by atoms with Crippen LogP contribution in [0.2, 0.25) is 0 Å². The van der Waals surface area contributed by atoms with E-state index in [1.54, 1.807) is 0 Å². The lowest BCUT2D eigenvalue weighted by Gasteiger charge is -2.13. The molecule has 0 heterocycles. The van der Waals surface area contributed by atoms with Gasteiger partial charge in [-0.15, -0.1) is 0 Å². The van der Waals surface area contributed by atoms with Crippen molar-refractivity contribution in [3.63, 3.8) is 0 Å². The van der Waals surface area contributed by atoms with Crippen LogP contribution in [-0.2, 0) is 0 Å². The molecule has 0 aliphatic heterocycles. The number of benzene rings is 1. The van der Waals surface area contributed by atoms with Gasteiger partial charge in [-0.2, -0.15) is 0 Å². The highest BCUT2D eigenvalue weighted by molar-refractivity contribution is 9.09. The van der Waals surface area contributed by atoms with Gasteiger partial charge in [-0.1, -0.05) is 22.9 Å². The molecule has 4 heteroatoms. The topological polar surface area (TPSA) is 9.23 Å². The van der Waals surface area contributed by atoms with Gasteiger partial charge in [-0.25, -0.2) is 8.78 Å². The predicted molar refractivity (Wildman–Crippen MR) is 61.8 cm³/mol. The van der Waals surface area contributed by atoms with Crippen LogP contribution >= 0.6 is 15.9 Å². The van der Waals surface area contributed by atoms with E-state index >= 15 is 0 Å². The molecule has 0 bridgehead atoms. The third-order valence-corrected chi connectivity index (χ3v) is 4.25. The number of rotatable bonds is 3. The minimum atomic E-state index is -0.544. The molecule has 1 fully saturated rings. The molecule has 0 N–H and O–H groups in total. The molecule has 3 unspecified atom stereocenters. The van der Waals surface area contributed by atoms with Crippen molar-refractivity contribution in [3.05, 3.63) is 29.3 Å². The molecule has 1 aromatic carbocycles.